The zero-order chi connectivity index (χ0) is 19.0. The third kappa shape index (κ3) is 3.89. The van der Waals surface area contributed by atoms with E-state index in [1.807, 2.05) is 18.2 Å². The number of fused-ring (bicyclic) bond motifs is 1. The average molecular weight is 537 g/mol. The number of amides is 1. The van der Waals surface area contributed by atoms with E-state index in [4.69, 9.17) is 4.42 Å². The lowest BCUT2D eigenvalue weighted by Gasteiger charge is -2.04. The summed E-state index contributed by atoms with van der Waals surface area (Å²) in [6.45, 7) is 0. The van der Waals surface area contributed by atoms with Crippen molar-refractivity contribution < 1.29 is 13.6 Å². The fraction of sp³-hybridized carbons (Fsp3) is 0. The zero-order valence-corrected chi connectivity index (χ0v) is 17.4. The number of oxazole rings is 1. The molecule has 0 saturated carbocycles. The second-order valence-corrected chi connectivity index (χ2v) is 7.89. The van der Waals surface area contributed by atoms with E-state index in [-0.39, 0.29) is 5.56 Å². The molecule has 134 valence electrons. The van der Waals surface area contributed by atoms with Gasteiger partial charge in [0.15, 0.2) is 5.58 Å². The van der Waals surface area contributed by atoms with Crippen LogP contribution in [0.3, 0.4) is 0 Å². The van der Waals surface area contributed by atoms with E-state index in [0.29, 0.717) is 22.7 Å². The van der Waals surface area contributed by atoms with Crippen LogP contribution in [0, 0.1) is 9.39 Å². The zero-order valence-electron chi connectivity index (χ0n) is 13.7. The Labute approximate surface area is 176 Å². The molecule has 0 aliphatic carbocycles. The van der Waals surface area contributed by atoms with Gasteiger partial charge in [0.1, 0.15) is 11.3 Å². The number of carbonyl (C=O) groups excluding carboxylic acids is 1. The Morgan fingerprint density at radius 1 is 1.11 bits per heavy atom. The Kier molecular flexibility index (Phi) is 4.96. The van der Waals surface area contributed by atoms with E-state index in [1.54, 1.807) is 24.3 Å². The second kappa shape index (κ2) is 7.40. The van der Waals surface area contributed by atoms with Crippen molar-refractivity contribution in [2.24, 2.45) is 0 Å². The van der Waals surface area contributed by atoms with Crippen molar-refractivity contribution in [3.8, 4) is 11.5 Å². The number of carbonyl (C=O) groups is 1. The summed E-state index contributed by atoms with van der Waals surface area (Å²) in [7, 11) is 0. The van der Waals surface area contributed by atoms with E-state index in [9.17, 15) is 9.18 Å². The van der Waals surface area contributed by atoms with Crippen LogP contribution in [0.4, 0.5) is 10.1 Å². The Hall–Kier alpha value is -2.26. The third-order valence-electron chi connectivity index (χ3n) is 3.89. The van der Waals surface area contributed by atoms with Crippen LogP contribution >= 0.6 is 38.5 Å². The van der Waals surface area contributed by atoms with Crippen LogP contribution < -0.4 is 5.32 Å². The molecule has 0 aliphatic rings. The van der Waals surface area contributed by atoms with Gasteiger partial charge >= 0.3 is 0 Å². The molecule has 0 aliphatic heterocycles. The van der Waals surface area contributed by atoms with Crippen molar-refractivity contribution in [1.82, 2.24) is 4.98 Å². The minimum absolute atomic E-state index is 0.249. The number of rotatable bonds is 3. The summed E-state index contributed by atoms with van der Waals surface area (Å²) in [5.74, 6) is -0.357. The molecule has 1 N–H and O–H groups in total. The molecule has 4 rings (SSSR count). The molecule has 4 nitrogen and oxygen atoms in total. The number of aromatic nitrogens is 1. The number of hydrogen-bond donors (Lipinski definition) is 1. The Bertz CT molecular complexity index is 1180. The molecule has 0 bridgehead atoms. The summed E-state index contributed by atoms with van der Waals surface area (Å²) in [6.07, 6.45) is 0. The van der Waals surface area contributed by atoms with Gasteiger partial charge in [-0.2, -0.15) is 0 Å². The van der Waals surface area contributed by atoms with Crippen molar-refractivity contribution in [3.63, 3.8) is 0 Å². The fourth-order valence-electron chi connectivity index (χ4n) is 2.61. The number of anilines is 1. The van der Waals surface area contributed by atoms with Crippen LogP contribution in [-0.4, -0.2) is 10.9 Å². The molecule has 4 aromatic rings. The fourth-order valence-corrected chi connectivity index (χ4v) is 3.52. The van der Waals surface area contributed by atoms with E-state index < -0.39 is 11.7 Å². The van der Waals surface area contributed by atoms with E-state index in [1.165, 1.54) is 18.2 Å². The first-order valence-electron chi connectivity index (χ1n) is 7.92. The Morgan fingerprint density at radius 3 is 2.78 bits per heavy atom. The molecule has 7 heteroatoms. The molecule has 0 spiro atoms. The average Bonchev–Trinajstić information content (AvgIpc) is 3.07. The summed E-state index contributed by atoms with van der Waals surface area (Å²) in [4.78, 5) is 16.8. The summed E-state index contributed by atoms with van der Waals surface area (Å²) >= 11 is 5.74. The van der Waals surface area contributed by atoms with Gasteiger partial charge in [0.05, 0.1) is 5.56 Å². The van der Waals surface area contributed by atoms with Crippen LogP contribution in [0.1, 0.15) is 10.4 Å². The number of benzene rings is 3. The van der Waals surface area contributed by atoms with Gasteiger partial charge in [-0.15, -0.1) is 0 Å². The maximum absolute atomic E-state index is 13.3. The molecule has 0 radical (unpaired) electrons. The highest BCUT2D eigenvalue weighted by Crippen LogP contribution is 2.32. The molecular weight excluding hydrogens is 526 g/mol. The molecule has 0 fully saturated rings. The van der Waals surface area contributed by atoms with Crippen molar-refractivity contribution in [2.45, 2.75) is 0 Å². The van der Waals surface area contributed by atoms with Crippen molar-refractivity contribution in [3.05, 3.63) is 80.1 Å². The van der Waals surface area contributed by atoms with Crippen LogP contribution in [-0.2, 0) is 0 Å². The van der Waals surface area contributed by atoms with Crippen LogP contribution in [0.5, 0.6) is 0 Å². The normalized spacial score (nSPS) is 10.9. The lowest BCUT2D eigenvalue weighted by Crippen LogP contribution is -2.11. The predicted molar refractivity (Wildman–Crippen MR) is 114 cm³/mol. The molecule has 0 saturated heterocycles. The first-order chi connectivity index (χ1) is 13.0. The lowest BCUT2D eigenvalue weighted by molar-refractivity contribution is 0.102. The minimum Gasteiger partial charge on any atom is -0.436 e. The van der Waals surface area contributed by atoms with Gasteiger partial charge in [-0.3, -0.25) is 4.79 Å². The number of nitrogens with zero attached hydrogens (tertiary/aromatic N) is 1. The number of hydrogen-bond acceptors (Lipinski definition) is 3. The molecule has 1 heterocycles. The van der Waals surface area contributed by atoms with Crippen LogP contribution in [0.15, 0.2) is 69.6 Å². The molecule has 27 heavy (non-hydrogen) atoms. The number of halogens is 3. The minimum atomic E-state index is -0.456. The maximum atomic E-state index is 13.3. The van der Waals surface area contributed by atoms with E-state index in [0.717, 1.165) is 13.6 Å². The van der Waals surface area contributed by atoms with Crippen molar-refractivity contribution in [2.75, 3.05) is 5.32 Å². The molecule has 1 amide bonds. The quantitative estimate of drug-likeness (QED) is 0.315. The highest BCUT2D eigenvalue weighted by atomic mass is 127. The Balaban J connectivity index is 1.65. The van der Waals surface area contributed by atoms with Gasteiger partial charge in [-0.05, 0) is 93.1 Å². The van der Waals surface area contributed by atoms with Crippen molar-refractivity contribution in [1.29, 1.82) is 0 Å². The topological polar surface area (TPSA) is 55.1 Å². The van der Waals surface area contributed by atoms with Gasteiger partial charge < -0.3 is 9.73 Å². The molecule has 3 aromatic carbocycles. The first kappa shape index (κ1) is 18.1. The van der Waals surface area contributed by atoms with Gasteiger partial charge in [0.2, 0.25) is 5.89 Å². The lowest BCUT2D eigenvalue weighted by atomic mass is 10.2. The van der Waals surface area contributed by atoms with E-state index >= 15 is 0 Å². The highest BCUT2D eigenvalue weighted by molar-refractivity contribution is 14.1. The highest BCUT2D eigenvalue weighted by Gasteiger charge is 2.13. The van der Waals surface area contributed by atoms with Crippen LogP contribution in [0.2, 0.25) is 0 Å². The smallest absolute Gasteiger partial charge is 0.255 e. The van der Waals surface area contributed by atoms with Gasteiger partial charge in [0.25, 0.3) is 5.91 Å². The first-order valence-corrected chi connectivity index (χ1v) is 9.80. The molecule has 0 unspecified atom stereocenters. The summed E-state index contributed by atoms with van der Waals surface area (Å²) < 4.78 is 21.1. The standard InChI is InChI=1S/C20H11BrFIN2O2/c21-16-6-4-13(23)9-15(16)20-25-17-10-14(5-7-18(17)27-20)24-19(26)11-2-1-3-12(22)8-11/h1-10H,(H,24,26). The summed E-state index contributed by atoms with van der Waals surface area (Å²) in [6, 6.07) is 16.6. The third-order valence-corrected chi connectivity index (χ3v) is 5.25. The Morgan fingerprint density at radius 2 is 1.96 bits per heavy atom. The van der Waals surface area contributed by atoms with Crippen LogP contribution in [0.25, 0.3) is 22.6 Å². The second-order valence-electron chi connectivity index (χ2n) is 5.79. The monoisotopic (exact) mass is 536 g/mol. The number of nitrogens with one attached hydrogen (secondary N) is 1. The molecular formula is C20H11BrFIN2O2. The molecule has 0 atom stereocenters. The summed E-state index contributed by atoms with van der Waals surface area (Å²) in [5.41, 5.74) is 2.88. The summed E-state index contributed by atoms with van der Waals surface area (Å²) in [5, 5.41) is 2.75. The van der Waals surface area contributed by atoms with Crippen molar-refractivity contribution >= 4 is 61.2 Å². The maximum Gasteiger partial charge on any atom is 0.255 e. The van der Waals surface area contributed by atoms with Gasteiger partial charge in [-0.1, -0.05) is 6.07 Å². The SMILES string of the molecule is O=C(Nc1ccc2oc(-c3cc(I)ccc3Br)nc2c1)c1cccc(F)c1. The van der Waals surface area contributed by atoms with Gasteiger partial charge in [0, 0.05) is 19.3 Å². The largest absolute Gasteiger partial charge is 0.436 e. The predicted octanol–water partition coefficient (Wildman–Crippen LogP) is 6.25. The van der Waals surface area contributed by atoms with Gasteiger partial charge in [-0.25, -0.2) is 9.37 Å². The van der Waals surface area contributed by atoms with E-state index in [2.05, 4.69) is 48.8 Å². The molecule has 1 aromatic heterocycles.